The smallest absolute Gasteiger partial charge is 0.246 e. The Labute approximate surface area is 203 Å². The second kappa shape index (κ2) is 9.24. The molecule has 0 spiro atoms. The maximum atomic E-state index is 12.4. The number of ether oxygens (including phenoxy) is 1. The van der Waals surface area contributed by atoms with Crippen LogP contribution < -0.4 is 5.73 Å². The van der Waals surface area contributed by atoms with Crippen LogP contribution in [-0.4, -0.2) is 61.7 Å². The topological polar surface area (TPSA) is 104 Å². The van der Waals surface area contributed by atoms with Crippen molar-refractivity contribution < 1.29 is 9.53 Å². The summed E-state index contributed by atoms with van der Waals surface area (Å²) in [5.74, 6) is 6.69. The van der Waals surface area contributed by atoms with E-state index in [1.807, 2.05) is 39.8 Å². The third-order valence-electron chi connectivity index (χ3n) is 6.47. The van der Waals surface area contributed by atoms with Crippen molar-refractivity contribution in [3.8, 4) is 11.8 Å². The molecule has 0 aliphatic carbocycles. The van der Waals surface area contributed by atoms with Gasteiger partial charge in [0.05, 0.1) is 41.3 Å². The van der Waals surface area contributed by atoms with Gasteiger partial charge >= 0.3 is 0 Å². The van der Waals surface area contributed by atoms with Gasteiger partial charge in [-0.25, -0.2) is 4.98 Å². The Kier molecular flexibility index (Phi) is 5.97. The SMILES string of the molecule is C=CC(=O)N1C[C@@H](n2nc(C#Cc3ccc4c(cnn4CC)c3)c3c(N)nccc32)C[C@@H]1COC. The average molecular weight is 470 g/mol. The Bertz CT molecular complexity index is 1490. The number of methoxy groups -OCH3 is 1. The van der Waals surface area contributed by atoms with E-state index in [0.29, 0.717) is 31.1 Å². The van der Waals surface area contributed by atoms with Crippen molar-refractivity contribution in [1.29, 1.82) is 0 Å². The fourth-order valence-electron chi connectivity index (χ4n) is 4.83. The summed E-state index contributed by atoms with van der Waals surface area (Å²) in [4.78, 5) is 18.5. The van der Waals surface area contributed by atoms with Gasteiger partial charge in [0.15, 0.2) is 0 Å². The molecule has 2 atom stereocenters. The quantitative estimate of drug-likeness (QED) is 0.356. The molecule has 9 nitrogen and oxygen atoms in total. The minimum absolute atomic E-state index is 0.0462. The highest BCUT2D eigenvalue weighted by molar-refractivity contribution is 5.93. The monoisotopic (exact) mass is 469 g/mol. The summed E-state index contributed by atoms with van der Waals surface area (Å²) >= 11 is 0. The number of amides is 1. The van der Waals surface area contributed by atoms with Crippen LogP contribution in [-0.2, 0) is 16.1 Å². The van der Waals surface area contributed by atoms with Crippen LogP contribution in [0.1, 0.15) is 30.6 Å². The number of rotatable bonds is 5. The van der Waals surface area contributed by atoms with Crippen molar-refractivity contribution in [3.63, 3.8) is 0 Å². The molecule has 35 heavy (non-hydrogen) atoms. The first-order valence-electron chi connectivity index (χ1n) is 11.6. The molecule has 1 aliphatic heterocycles. The van der Waals surface area contributed by atoms with Gasteiger partial charge in [0.1, 0.15) is 11.5 Å². The first-order valence-corrected chi connectivity index (χ1v) is 11.6. The molecule has 5 rings (SSSR count). The van der Waals surface area contributed by atoms with Gasteiger partial charge in [-0.15, -0.1) is 0 Å². The number of nitrogens with two attached hydrogens (primary N) is 1. The van der Waals surface area contributed by atoms with Crippen LogP contribution in [0.25, 0.3) is 21.8 Å². The lowest BCUT2D eigenvalue weighted by Gasteiger charge is -2.22. The molecule has 1 amide bonds. The lowest BCUT2D eigenvalue weighted by atomic mass is 10.1. The summed E-state index contributed by atoms with van der Waals surface area (Å²) in [5, 5.41) is 11.0. The molecule has 0 unspecified atom stereocenters. The fraction of sp³-hybridized carbons (Fsp3) is 0.308. The highest BCUT2D eigenvalue weighted by atomic mass is 16.5. The molecule has 1 aromatic carbocycles. The second-order valence-corrected chi connectivity index (χ2v) is 8.56. The zero-order valence-corrected chi connectivity index (χ0v) is 19.8. The van der Waals surface area contributed by atoms with E-state index >= 15 is 0 Å². The van der Waals surface area contributed by atoms with Crippen molar-refractivity contribution in [1.82, 2.24) is 29.4 Å². The van der Waals surface area contributed by atoms with Crippen molar-refractivity contribution in [2.24, 2.45) is 0 Å². The van der Waals surface area contributed by atoms with E-state index in [1.54, 1.807) is 18.2 Å². The van der Waals surface area contributed by atoms with Gasteiger partial charge in [-0.3, -0.25) is 14.2 Å². The molecule has 0 saturated carbocycles. The number of anilines is 1. The van der Waals surface area contributed by atoms with E-state index in [2.05, 4.69) is 35.4 Å². The number of aryl methyl sites for hydroxylation is 1. The Morgan fingerprint density at radius 1 is 1.31 bits per heavy atom. The summed E-state index contributed by atoms with van der Waals surface area (Å²) in [5.41, 5.74) is 9.61. The first kappa shape index (κ1) is 22.6. The molecule has 4 aromatic rings. The maximum Gasteiger partial charge on any atom is 0.246 e. The van der Waals surface area contributed by atoms with Gasteiger partial charge in [-0.1, -0.05) is 12.5 Å². The lowest BCUT2D eigenvalue weighted by Crippen LogP contribution is -2.37. The molecule has 9 heteroatoms. The van der Waals surface area contributed by atoms with Gasteiger partial charge in [0, 0.05) is 37.3 Å². The summed E-state index contributed by atoms with van der Waals surface area (Å²) < 4.78 is 9.23. The van der Waals surface area contributed by atoms with E-state index in [4.69, 9.17) is 15.6 Å². The maximum absolute atomic E-state index is 12.4. The van der Waals surface area contributed by atoms with Crippen LogP contribution in [0.4, 0.5) is 5.82 Å². The van der Waals surface area contributed by atoms with Crippen LogP contribution in [0, 0.1) is 11.8 Å². The molecule has 1 fully saturated rings. The Morgan fingerprint density at radius 2 is 2.17 bits per heavy atom. The minimum atomic E-state index is -0.117. The van der Waals surface area contributed by atoms with E-state index in [9.17, 15) is 4.79 Å². The number of hydrogen-bond donors (Lipinski definition) is 1. The average Bonchev–Trinajstić information content (AvgIpc) is 3.57. The Morgan fingerprint density at radius 3 is 2.94 bits per heavy atom. The molecule has 178 valence electrons. The number of carbonyl (C=O) groups is 1. The fourth-order valence-corrected chi connectivity index (χ4v) is 4.83. The molecule has 1 saturated heterocycles. The normalized spacial score (nSPS) is 17.6. The number of nitrogens with zero attached hydrogens (tertiary/aromatic N) is 6. The summed E-state index contributed by atoms with van der Waals surface area (Å²) in [6, 6.07) is 7.82. The highest BCUT2D eigenvalue weighted by Gasteiger charge is 2.36. The first-order chi connectivity index (χ1) is 17.0. The molecular weight excluding hydrogens is 442 g/mol. The van der Waals surface area contributed by atoms with Gasteiger partial charge in [-0.2, -0.15) is 10.2 Å². The van der Waals surface area contributed by atoms with Crippen LogP contribution >= 0.6 is 0 Å². The molecular formula is C26H27N7O2. The number of nitrogen functional groups attached to an aromatic ring is 1. The molecule has 0 radical (unpaired) electrons. The number of carbonyl (C=O) groups excluding carboxylic acids is 1. The van der Waals surface area contributed by atoms with E-state index in [-0.39, 0.29) is 18.0 Å². The lowest BCUT2D eigenvalue weighted by molar-refractivity contribution is -0.127. The van der Waals surface area contributed by atoms with Gasteiger partial charge in [0.25, 0.3) is 0 Å². The summed E-state index contributed by atoms with van der Waals surface area (Å²) in [7, 11) is 1.64. The standard InChI is InChI=1S/C26H27N7O2/c1-4-24(34)31-15-19(13-20(31)16-35-3)33-23-10-11-28-26(27)25(23)21(30-33)8-6-17-7-9-22-18(12-17)14-29-32(22)5-2/h4,7,9-12,14,19-20H,1,5,13,15-16H2,2-3H3,(H2,27,28)/t19-,20+/m0/s1. The zero-order valence-electron chi connectivity index (χ0n) is 19.8. The predicted molar refractivity (Wildman–Crippen MR) is 135 cm³/mol. The number of likely N-dealkylation sites (tertiary alicyclic amines) is 1. The van der Waals surface area contributed by atoms with Crippen molar-refractivity contribution in [3.05, 3.63) is 60.6 Å². The zero-order chi connectivity index (χ0) is 24.5. The number of fused-ring (bicyclic) bond motifs is 2. The van der Waals surface area contributed by atoms with E-state index in [0.717, 1.165) is 33.9 Å². The van der Waals surface area contributed by atoms with Crippen molar-refractivity contribution >= 4 is 33.5 Å². The van der Waals surface area contributed by atoms with Gasteiger partial charge in [0.2, 0.25) is 5.91 Å². The van der Waals surface area contributed by atoms with Crippen molar-refractivity contribution in [2.75, 3.05) is 26.0 Å². The van der Waals surface area contributed by atoms with Gasteiger partial charge < -0.3 is 15.4 Å². The Balaban J connectivity index is 1.53. The van der Waals surface area contributed by atoms with Gasteiger partial charge in [-0.05, 0) is 49.6 Å². The van der Waals surface area contributed by atoms with E-state index < -0.39 is 0 Å². The third-order valence-corrected chi connectivity index (χ3v) is 6.47. The molecule has 1 aliphatic rings. The molecule has 3 aromatic heterocycles. The molecule has 0 bridgehead atoms. The molecule has 4 heterocycles. The molecule has 2 N–H and O–H groups in total. The highest BCUT2D eigenvalue weighted by Crippen LogP contribution is 2.32. The van der Waals surface area contributed by atoms with Crippen molar-refractivity contribution in [2.45, 2.75) is 32.0 Å². The van der Waals surface area contributed by atoms with Crippen LogP contribution in [0.15, 0.2) is 49.3 Å². The van der Waals surface area contributed by atoms with Crippen LogP contribution in [0.5, 0.6) is 0 Å². The number of hydrogen-bond acceptors (Lipinski definition) is 6. The minimum Gasteiger partial charge on any atom is -0.383 e. The second-order valence-electron chi connectivity index (χ2n) is 8.56. The number of aromatic nitrogens is 5. The third kappa shape index (κ3) is 4.02. The number of pyridine rings is 1. The largest absolute Gasteiger partial charge is 0.383 e. The summed E-state index contributed by atoms with van der Waals surface area (Å²) in [6.45, 7) is 7.46. The Hall–Kier alpha value is -4.16. The number of benzene rings is 1. The van der Waals surface area contributed by atoms with Crippen LogP contribution in [0.3, 0.4) is 0 Å². The predicted octanol–water partition coefficient (Wildman–Crippen LogP) is 2.76. The summed E-state index contributed by atoms with van der Waals surface area (Å²) in [6.07, 6.45) is 5.56. The van der Waals surface area contributed by atoms with Crippen LogP contribution in [0.2, 0.25) is 0 Å². The van der Waals surface area contributed by atoms with E-state index in [1.165, 1.54) is 6.08 Å².